The van der Waals surface area contributed by atoms with Crippen molar-refractivity contribution in [2.75, 3.05) is 13.1 Å². The second kappa shape index (κ2) is 11.4. The molecule has 0 spiro atoms. The Hall–Kier alpha value is -1.56. The zero-order valence-corrected chi connectivity index (χ0v) is 18.5. The van der Waals surface area contributed by atoms with Crippen LogP contribution in [0.1, 0.15) is 55.6 Å². The SMILES string of the molecule is Cc1cc(C)n(-c2ccc(C(C)NC(=O)CCC3CCNCC3)cc2)n1.Cl.Cl. The molecule has 2 aromatic rings. The van der Waals surface area contributed by atoms with Crippen LogP contribution in [0.25, 0.3) is 5.69 Å². The van der Waals surface area contributed by atoms with Gasteiger partial charge in [-0.3, -0.25) is 4.79 Å². The maximum absolute atomic E-state index is 12.3. The fourth-order valence-electron chi connectivity index (χ4n) is 3.70. The van der Waals surface area contributed by atoms with Crippen molar-refractivity contribution >= 4 is 30.7 Å². The molecule has 2 heterocycles. The molecule has 1 aliphatic heterocycles. The molecule has 1 amide bonds. The maximum Gasteiger partial charge on any atom is 0.220 e. The molecule has 1 aromatic carbocycles. The first-order valence-electron chi connectivity index (χ1n) is 9.66. The Labute approximate surface area is 180 Å². The van der Waals surface area contributed by atoms with E-state index in [-0.39, 0.29) is 36.8 Å². The monoisotopic (exact) mass is 426 g/mol. The zero-order valence-electron chi connectivity index (χ0n) is 16.9. The fourth-order valence-corrected chi connectivity index (χ4v) is 3.70. The summed E-state index contributed by atoms with van der Waals surface area (Å²) in [6.07, 6.45) is 4.00. The van der Waals surface area contributed by atoms with E-state index >= 15 is 0 Å². The van der Waals surface area contributed by atoms with E-state index in [1.165, 1.54) is 12.8 Å². The summed E-state index contributed by atoms with van der Waals surface area (Å²) in [7, 11) is 0. The van der Waals surface area contributed by atoms with E-state index < -0.39 is 0 Å². The van der Waals surface area contributed by atoms with Gasteiger partial charge < -0.3 is 10.6 Å². The number of nitrogens with zero attached hydrogens (tertiary/aromatic N) is 2. The van der Waals surface area contributed by atoms with Gasteiger partial charge in [-0.1, -0.05) is 12.1 Å². The van der Waals surface area contributed by atoms with Crippen LogP contribution in [0, 0.1) is 19.8 Å². The predicted molar refractivity (Wildman–Crippen MR) is 119 cm³/mol. The predicted octanol–water partition coefficient (Wildman–Crippen LogP) is 4.29. The van der Waals surface area contributed by atoms with Crippen LogP contribution >= 0.6 is 24.8 Å². The molecule has 0 radical (unpaired) electrons. The maximum atomic E-state index is 12.3. The number of rotatable bonds is 6. The van der Waals surface area contributed by atoms with E-state index in [2.05, 4.69) is 53.0 Å². The lowest BCUT2D eigenvalue weighted by Gasteiger charge is -2.22. The Morgan fingerprint density at radius 3 is 2.43 bits per heavy atom. The van der Waals surface area contributed by atoms with Gasteiger partial charge in [-0.05, 0) is 82.8 Å². The van der Waals surface area contributed by atoms with E-state index in [1.807, 2.05) is 18.5 Å². The number of benzene rings is 1. The molecule has 1 unspecified atom stereocenters. The Bertz CT molecular complexity index is 739. The van der Waals surface area contributed by atoms with Crippen molar-refractivity contribution in [3.8, 4) is 5.69 Å². The highest BCUT2D eigenvalue weighted by Gasteiger charge is 2.16. The largest absolute Gasteiger partial charge is 0.350 e. The molecule has 2 N–H and O–H groups in total. The molecular formula is C21H32Cl2N4O. The van der Waals surface area contributed by atoms with Crippen LogP contribution < -0.4 is 10.6 Å². The summed E-state index contributed by atoms with van der Waals surface area (Å²) in [6, 6.07) is 10.4. The number of nitrogens with one attached hydrogen (secondary N) is 2. The van der Waals surface area contributed by atoms with E-state index in [1.54, 1.807) is 0 Å². The van der Waals surface area contributed by atoms with E-state index in [0.29, 0.717) is 12.3 Å². The number of amides is 1. The third-order valence-corrected chi connectivity index (χ3v) is 5.26. The number of hydrogen-bond donors (Lipinski definition) is 2. The van der Waals surface area contributed by atoms with Crippen LogP contribution in [0.4, 0.5) is 0 Å². The lowest BCUT2D eigenvalue weighted by atomic mass is 9.93. The fraction of sp³-hybridized carbons (Fsp3) is 0.524. The normalized spacial score (nSPS) is 15.2. The number of aromatic nitrogens is 2. The van der Waals surface area contributed by atoms with Crippen molar-refractivity contribution in [1.82, 2.24) is 20.4 Å². The lowest BCUT2D eigenvalue weighted by molar-refractivity contribution is -0.122. The lowest BCUT2D eigenvalue weighted by Crippen LogP contribution is -2.30. The molecule has 28 heavy (non-hydrogen) atoms. The van der Waals surface area contributed by atoms with Gasteiger partial charge in [0.25, 0.3) is 0 Å². The highest BCUT2D eigenvalue weighted by Crippen LogP contribution is 2.20. The van der Waals surface area contributed by atoms with Crippen LogP contribution in [-0.4, -0.2) is 28.8 Å². The van der Waals surface area contributed by atoms with E-state index in [9.17, 15) is 4.79 Å². The summed E-state index contributed by atoms with van der Waals surface area (Å²) in [6.45, 7) is 8.27. The first kappa shape index (κ1) is 24.5. The Balaban J connectivity index is 0.00000196. The van der Waals surface area contributed by atoms with Crippen LogP contribution in [0.15, 0.2) is 30.3 Å². The minimum Gasteiger partial charge on any atom is -0.350 e. The molecule has 0 saturated carbocycles. The number of aryl methyl sites for hydroxylation is 2. The number of piperidine rings is 1. The van der Waals surface area contributed by atoms with Crippen molar-refractivity contribution in [3.63, 3.8) is 0 Å². The molecule has 0 aliphatic carbocycles. The Morgan fingerprint density at radius 2 is 1.86 bits per heavy atom. The average Bonchev–Trinajstić information content (AvgIpc) is 2.99. The minimum atomic E-state index is 0. The summed E-state index contributed by atoms with van der Waals surface area (Å²) < 4.78 is 1.95. The van der Waals surface area contributed by atoms with Crippen molar-refractivity contribution in [2.24, 2.45) is 5.92 Å². The first-order valence-corrected chi connectivity index (χ1v) is 9.66. The zero-order chi connectivity index (χ0) is 18.5. The van der Waals surface area contributed by atoms with Gasteiger partial charge in [-0.2, -0.15) is 5.10 Å². The highest BCUT2D eigenvalue weighted by molar-refractivity contribution is 5.85. The summed E-state index contributed by atoms with van der Waals surface area (Å²) in [5.74, 6) is 0.844. The van der Waals surface area contributed by atoms with Crippen molar-refractivity contribution in [3.05, 3.63) is 47.3 Å². The van der Waals surface area contributed by atoms with Crippen LogP contribution in [0.3, 0.4) is 0 Å². The molecule has 5 nitrogen and oxygen atoms in total. The quantitative estimate of drug-likeness (QED) is 0.723. The van der Waals surface area contributed by atoms with E-state index in [0.717, 1.165) is 42.1 Å². The molecule has 1 atom stereocenters. The van der Waals surface area contributed by atoms with Gasteiger partial charge in [0.15, 0.2) is 0 Å². The third-order valence-electron chi connectivity index (χ3n) is 5.26. The van der Waals surface area contributed by atoms with Gasteiger partial charge in [0.2, 0.25) is 5.91 Å². The molecule has 156 valence electrons. The molecule has 1 aliphatic rings. The highest BCUT2D eigenvalue weighted by atomic mass is 35.5. The van der Waals surface area contributed by atoms with Crippen LogP contribution in [0.2, 0.25) is 0 Å². The smallest absolute Gasteiger partial charge is 0.220 e. The van der Waals surface area contributed by atoms with Gasteiger partial charge in [-0.15, -0.1) is 24.8 Å². The van der Waals surface area contributed by atoms with Gasteiger partial charge >= 0.3 is 0 Å². The molecular weight excluding hydrogens is 395 g/mol. The summed E-state index contributed by atoms with van der Waals surface area (Å²) in [5.41, 5.74) is 4.30. The van der Waals surface area contributed by atoms with Crippen LogP contribution in [-0.2, 0) is 4.79 Å². The third kappa shape index (κ3) is 6.50. The number of carbonyl (C=O) groups is 1. The number of hydrogen-bond acceptors (Lipinski definition) is 3. The summed E-state index contributed by atoms with van der Waals surface area (Å²) >= 11 is 0. The molecule has 3 rings (SSSR count). The van der Waals surface area contributed by atoms with Crippen molar-refractivity contribution in [1.29, 1.82) is 0 Å². The molecule has 0 bridgehead atoms. The number of carbonyl (C=O) groups excluding carboxylic acids is 1. The second-order valence-corrected chi connectivity index (χ2v) is 7.45. The standard InChI is InChI=1S/C21H30N4O.2ClH/c1-15-14-16(2)25(24-15)20-7-5-19(6-8-20)17(3)23-21(26)9-4-18-10-12-22-13-11-18;;/h5-8,14,17-18,22H,4,9-13H2,1-3H3,(H,23,26);2*1H. The topological polar surface area (TPSA) is 59.0 Å². The van der Waals surface area contributed by atoms with E-state index in [4.69, 9.17) is 0 Å². The van der Waals surface area contributed by atoms with Crippen molar-refractivity contribution in [2.45, 2.75) is 52.5 Å². The van der Waals surface area contributed by atoms with Gasteiger partial charge in [-0.25, -0.2) is 4.68 Å². The Morgan fingerprint density at radius 1 is 1.21 bits per heavy atom. The van der Waals surface area contributed by atoms with Crippen molar-refractivity contribution < 1.29 is 4.79 Å². The first-order chi connectivity index (χ1) is 12.5. The molecule has 1 saturated heterocycles. The molecule has 7 heteroatoms. The molecule has 1 fully saturated rings. The van der Waals surface area contributed by atoms with Gasteiger partial charge in [0, 0.05) is 12.1 Å². The number of halogens is 2. The van der Waals surface area contributed by atoms with Gasteiger partial charge in [0.05, 0.1) is 17.4 Å². The molecule has 1 aromatic heterocycles. The Kier molecular flexibility index (Phi) is 10.0. The van der Waals surface area contributed by atoms with Gasteiger partial charge in [0.1, 0.15) is 0 Å². The minimum absolute atomic E-state index is 0. The summed E-state index contributed by atoms with van der Waals surface area (Å²) in [4.78, 5) is 12.3. The average molecular weight is 427 g/mol. The van der Waals surface area contributed by atoms with Crippen LogP contribution in [0.5, 0.6) is 0 Å². The second-order valence-electron chi connectivity index (χ2n) is 7.45. The summed E-state index contributed by atoms with van der Waals surface area (Å²) in [5, 5.41) is 11.0.